The van der Waals surface area contributed by atoms with Crippen LogP contribution in [-0.4, -0.2) is 5.87 Å². The van der Waals surface area contributed by atoms with E-state index in [0.29, 0.717) is 5.56 Å². The van der Waals surface area contributed by atoms with Crippen molar-refractivity contribution < 1.29 is 4.39 Å². The summed E-state index contributed by atoms with van der Waals surface area (Å²) in [5, 5.41) is 8.13. The van der Waals surface area contributed by atoms with Gasteiger partial charge in [0.05, 0.1) is 0 Å². The number of benzene rings is 1. The molecule has 0 aliphatic carbocycles. The minimum atomic E-state index is -0.736. The van der Waals surface area contributed by atoms with E-state index in [2.05, 4.69) is 0 Å². The molecule has 10 heavy (non-hydrogen) atoms. The standard InChI is InChI=1S/C8H5FN/c9-8(6-10)7-4-2-1-3-5-7/h1-5H/q-1. The fourth-order valence-electron chi connectivity index (χ4n) is 0.649. The Hall–Kier alpha value is -1.40. The first-order chi connectivity index (χ1) is 4.84. The lowest BCUT2D eigenvalue weighted by Gasteiger charge is -1.92. The van der Waals surface area contributed by atoms with Gasteiger partial charge in [0.15, 0.2) is 0 Å². The van der Waals surface area contributed by atoms with Gasteiger partial charge in [-0.1, -0.05) is 30.3 Å². The lowest BCUT2D eigenvalue weighted by molar-refractivity contribution is 0.769. The molecule has 0 aliphatic heterocycles. The molecule has 0 amide bonds. The lowest BCUT2D eigenvalue weighted by Crippen LogP contribution is -1.74. The summed E-state index contributed by atoms with van der Waals surface area (Å²) in [6.45, 7) is 0. The Bertz CT molecular complexity index is 260. The van der Waals surface area contributed by atoms with E-state index in [9.17, 15) is 4.39 Å². The van der Waals surface area contributed by atoms with E-state index in [-0.39, 0.29) is 0 Å². The Morgan fingerprint density at radius 1 is 1.30 bits per heavy atom. The Morgan fingerprint density at radius 3 is 2.40 bits per heavy atom. The smallest absolute Gasteiger partial charge is 0.149 e. The van der Waals surface area contributed by atoms with Crippen LogP contribution in [0.5, 0.6) is 0 Å². The molecule has 1 aromatic carbocycles. The fraction of sp³-hybridized carbons (Fsp3) is 0. The maximum absolute atomic E-state index is 12.4. The normalized spacial score (nSPS) is 8.50. The largest absolute Gasteiger partial charge is 0.761 e. The van der Waals surface area contributed by atoms with Crippen LogP contribution in [-0.2, 0) is 0 Å². The molecule has 0 fully saturated rings. The first-order valence-electron chi connectivity index (χ1n) is 2.82. The van der Waals surface area contributed by atoms with Gasteiger partial charge in [0.25, 0.3) is 0 Å². The summed E-state index contributed by atoms with van der Waals surface area (Å²) in [4.78, 5) is 0. The molecule has 1 nitrogen and oxygen atoms in total. The predicted octanol–water partition coefficient (Wildman–Crippen LogP) is 2.24. The van der Waals surface area contributed by atoms with Crippen molar-refractivity contribution >= 4 is 11.7 Å². The molecule has 50 valence electrons. The molecule has 1 rings (SSSR count). The van der Waals surface area contributed by atoms with Crippen molar-refractivity contribution in [3.8, 4) is 0 Å². The number of nitrogens with zero attached hydrogens (tertiary/aromatic N) is 1. The second-order valence-corrected chi connectivity index (χ2v) is 1.79. The molecule has 0 saturated carbocycles. The molecule has 0 atom stereocenters. The molecule has 0 N–H and O–H groups in total. The number of halogens is 1. The van der Waals surface area contributed by atoms with Crippen LogP contribution in [0, 0.1) is 0 Å². The highest BCUT2D eigenvalue weighted by molar-refractivity contribution is 5.86. The molecule has 0 bridgehead atoms. The van der Waals surface area contributed by atoms with Gasteiger partial charge in [0.2, 0.25) is 0 Å². The molecule has 2 heteroatoms. The van der Waals surface area contributed by atoms with Crippen LogP contribution < -0.4 is 0 Å². The summed E-state index contributed by atoms with van der Waals surface area (Å²) in [5.41, 5.74) is 0.338. The van der Waals surface area contributed by atoms with Gasteiger partial charge in [-0.05, 0) is 0 Å². The summed E-state index contributed by atoms with van der Waals surface area (Å²) >= 11 is 0. The molecular weight excluding hydrogens is 129 g/mol. The maximum Gasteiger partial charge on any atom is 0.149 e. The summed E-state index contributed by atoms with van der Waals surface area (Å²) in [6.07, 6.45) is 0. The average Bonchev–Trinajstić information content (AvgIpc) is 2.05. The van der Waals surface area contributed by atoms with Crippen LogP contribution in [0.2, 0.25) is 0 Å². The van der Waals surface area contributed by atoms with Crippen LogP contribution in [0.25, 0.3) is 11.2 Å². The molecule has 1 aromatic rings. The topological polar surface area (TPSA) is 22.3 Å². The van der Waals surface area contributed by atoms with Crippen molar-refractivity contribution in [2.75, 3.05) is 0 Å². The van der Waals surface area contributed by atoms with Crippen molar-refractivity contribution in [3.05, 3.63) is 41.3 Å². The highest BCUT2D eigenvalue weighted by Gasteiger charge is 1.91. The van der Waals surface area contributed by atoms with E-state index in [0.717, 1.165) is 0 Å². The van der Waals surface area contributed by atoms with Crippen molar-refractivity contribution in [2.45, 2.75) is 0 Å². The zero-order valence-corrected chi connectivity index (χ0v) is 5.21. The second-order valence-electron chi connectivity index (χ2n) is 1.79. The monoisotopic (exact) mass is 134 g/mol. The summed E-state index contributed by atoms with van der Waals surface area (Å²) < 4.78 is 12.4. The number of hydrogen-bond acceptors (Lipinski definition) is 0. The minimum absolute atomic E-state index is 0.338. The SMILES string of the molecule is [N-]=C=C(F)c1ccccc1. The number of hydrogen-bond donors (Lipinski definition) is 0. The second kappa shape index (κ2) is 2.95. The van der Waals surface area contributed by atoms with Gasteiger partial charge in [-0.15, -0.1) is 0 Å². The van der Waals surface area contributed by atoms with E-state index in [1.54, 1.807) is 30.3 Å². The highest BCUT2D eigenvalue weighted by Crippen LogP contribution is 2.10. The first kappa shape index (κ1) is 6.72. The van der Waals surface area contributed by atoms with Gasteiger partial charge in [-0.3, -0.25) is 0 Å². The zero-order chi connectivity index (χ0) is 7.40. The van der Waals surface area contributed by atoms with Gasteiger partial charge in [-0.25, -0.2) is 5.87 Å². The molecule has 0 radical (unpaired) electrons. The van der Waals surface area contributed by atoms with E-state index >= 15 is 0 Å². The van der Waals surface area contributed by atoms with Gasteiger partial charge in [0, 0.05) is 5.56 Å². The molecule has 0 spiro atoms. The Labute approximate surface area is 58.3 Å². The van der Waals surface area contributed by atoms with Crippen molar-refractivity contribution in [3.63, 3.8) is 0 Å². The quantitative estimate of drug-likeness (QED) is 0.525. The zero-order valence-electron chi connectivity index (χ0n) is 5.21. The first-order valence-corrected chi connectivity index (χ1v) is 2.82. The van der Waals surface area contributed by atoms with Gasteiger partial charge in [0.1, 0.15) is 5.83 Å². The van der Waals surface area contributed by atoms with E-state index in [4.69, 9.17) is 5.41 Å². The summed E-state index contributed by atoms with van der Waals surface area (Å²) in [6, 6.07) is 8.25. The van der Waals surface area contributed by atoms with E-state index in [1.807, 2.05) is 0 Å². The van der Waals surface area contributed by atoms with E-state index < -0.39 is 5.83 Å². The summed E-state index contributed by atoms with van der Waals surface area (Å²) in [7, 11) is 0. The molecule has 0 aliphatic rings. The minimum Gasteiger partial charge on any atom is -0.761 e. The van der Waals surface area contributed by atoms with Crippen molar-refractivity contribution in [2.24, 2.45) is 0 Å². The summed E-state index contributed by atoms with van der Waals surface area (Å²) in [5.74, 6) is 0.696. The predicted molar refractivity (Wildman–Crippen MR) is 39.3 cm³/mol. The highest BCUT2D eigenvalue weighted by atomic mass is 19.1. The van der Waals surface area contributed by atoms with Crippen LogP contribution in [0.15, 0.2) is 30.3 Å². The van der Waals surface area contributed by atoms with Crippen LogP contribution >= 0.6 is 0 Å². The Balaban J connectivity index is 3.08. The fourth-order valence-corrected chi connectivity index (χ4v) is 0.649. The third-order valence-electron chi connectivity index (χ3n) is 1.13. The number of rotatable bonds is 1. The van der Waals surface area contributed by atoms with Crippen LogP contribution in [0.3, 0.4) is 0 Å². The molecule has 0 unspecified atom stereocenters. The van der Waals surface area contributed by atoms with Crippen molar-refractivity contribution in [1.82, 2.24) is 0 Å². The van der Waals surface area contributed by atoms with Crippen molar-refractivity contribution in [1.29, 1.82) is 0 Å². The third-order valence-corrected chi connectivity index (χ3v) is 1.13. The lowest BCUT2D eigenvalue weighted by atomic mass is 10.2. The molecule has 0 heterocycles. The van der Waals surface area contributed by atoms with E-state index in [1.165, 1.54) is 5.87 Å². The molecule has 0 saturated heterocycles. The van der Waals surface area contributed by atoms with Gasteiger partial charge in [-0.2, -0.15) is 4.39 Å². The average molecular weight is 134 g/mol. The maximum atomic E-state index is 12.4. The van der Waals surface area contributed by atoms with Gasteiger partial charge >= 0.3 is 0 Å². The van der Waals surface area contributed by atoms with Crippen LogP contribution in [0.4, 0.5) is 4.39 Å². The third kappa shape index (κ3) is 1.30. The molecule has 0 aromatic heterocycles. The Morgan fingerprint density at radius 2 is 1.90 bits per heavy atom. The van der Waals surface area contributed by atoms with Gasteiger partial charge < -0.3 is 5.41 Å². The Kier molecular flexibility index (Phi) is 1.98. The van der Waals surface area contributed by atoms with Crippen LogP contribution in [0.1, 0.15) is 5.56 Å². The molecular formula is C8H5FN-.